The first kappa shape index (κ1) is 20.4. The molecule has 2 aliphatic heterocycles. The normalized spacial score (nSPS) is 21.0. The average Bonchev–Trinajstić information content (AvgIpc) is 3.20. The molecule has 2 atom stereocenters. The minimum atomic E-state index is -0.498. The Morgan fingerprint density at radius 3 is 2.37 bits per heavy atom. The van der Waals surface area contributed by atoms with E-state index in [0.29, 0.717) is 19.6 Å². The first-order valence-electron chi connectivity index (χ1n) is 10.5. The Balaban J connectivity index is 1.33. The second-order valence-electron chi connectivity index (χ2n) is 8.12. The maximum atomic E-state index is 13.0. The maximum Gasteiger partial charge on any atom is 0.228 e. The van der Waals surface area contributed by atoms with Crippen molar-refractivity contribution in [3.63, 3.8) is 0 Å². The van der Waals surface area contributed by atoms with E-state index in [4.69, 9.17) is 4.74 Å². The van der Waals surface area contributed by atoms with Gasteiger partial charge in [-0.2, -0.15) is 0 Å². The summed E-state index contributed by atoms with van der Waals surface area (Å²) < 4.78 is 5.17. The number of benzene rings is 2. The molecule has 0 radical (unpaired) electrons. The lowest BCUT2D eigenvalue weighted by atomic mass is 9.87. The minimum absolute atomic E-state index is 0.0205. The van der Waals surface area contributed by atoms with Crippen molar-refractivity contribution in [2.24, 2.45) is 11.8 Å². The van der Waals surface area contributed by atoms with E-state index in [1.54, 1.807) is 12.0 Å². The summed E-state index contributed by atoms with van der Waals surface area (Å²) in [7, 11) is 1.60. The van der Waals surface area contributed by atoms with Crippen molar-refractivity contribution in [1.29, 1.82) is 0 Å². The van der Waals surface area contributed by atoms with Crippen LogP contribution in [0.5, 0.6) is 5.75 Å². The van der Waals surface area contributed by atoms with Gasteiger partial charge in [0.2, 0.25) is 11.8 Å². The highest BCUT2D eigenvalue weighted by Gasteiger charge is 2.38. The molecule has 2 unspecified atom stereocenters. The van der Waals surface area contributed by atoms with E-state index in [0.717, 1.165) is 29.8 Å². The maximum absolute atomic E-state index is 13.0. The quantitative estimate of drug-likeness (QED) is 0.826. The number of aliphatic hydroxyl groups is 1. The second-order valence-corrected chi connectivity index (χ2v) is 8.12. The topological polar surface area (TPSA) is 70.1 Å². The van der Waals surface area contributed by atoms with Crippen LogP contribution >= 0.6 is 0 Å². The third kappa shape index (κ3) is 4.19. The van der Waals surface area contributed by atoms with Gasteiger partial charge in [-0.1, -0.05) is 30.3 Å². The van der Waals surface area contributed by atoms with Crippen molar-refractivity contribution in [2.75, 3.05) is 31.6 Å². The Labute approximate surface area is 177 Å². The molecule has 2 fully saturated rings. The van der Waals surface area contributed by atoms with E-state index in [1.807, 2.05) is 59.5 Å². The molecule has 0 bridgehead atoms. The van der Waals surface area contributed by atoms with E-state index < -0.39 is 6.10 Å². The monoisotopic (exact) mass is 408 g/mol. The summed E-state index contributed by atoms with van der Waals surface area (Å²) in [6.45, 7) is 1.66. The van der Waals surface area contributed by atoms with Crippen molar-refractivity contribution < 1.29 is 19.4 Å². The van der Waals surface area contributed by atoms with Crippen LogP contribution in [0.15, 0.2) is 54.6 Å². The zero-order chi connectivity index (χ0) is 21.1. The molecular formula is C24H28N2O4. The van der Waals surface area contributed by atoms with Crippen molar-refractivity contribution in [1.82, 2.24) is 4.90 Å². The number of carbonyl (C=O) groups excluding carboxylic acids is 2. The first-order chi connectivity index (χ1) is 14.6. The SMILES string of the molecule is COc1ccc(N2CC(C(=O)N3CCC(C(O)c4ccccc4)CC3)CC2=O)cc1. The van der Waals surface area contributed by atoms with Crippen molar-refractivity contribution in [2.45, 2.75) is 25.4 Å². The highest BCUT2D eigenvalue weighted by atomic mass is 16.5. The van der Waals surface area contributed by atoms with Crippen LogP contribution in [0.3, 0.4) is 0 Å². The largest absolute Gasteiger partial charge is 0.497 e. The van der Waals surface area contributed by atoms with E-state index in [2.05, 4.69) is 0 Å². The smallest absolute Gasteiger partial charge is 0.228 e. The molecule has 2 aliphatic rings. The van der Waals surface area contributed by atoms with Gasteiger partial charge in [-0.15, -0.1) is 0 Å². The molecule has 0 saturated carbocycles. The van der Waals surface area contributed by atoms with Crippen LogP contribution in [-0.4, -0.2) is 48.6 Å². The standard InChI is InChI=1S/C24H28N2O4/c1-30-21-9-7-20(8-10-21)26-16-19(15-22(26)27)24(29)25-13-11-18(12-14-25)23(28)17-5-3-2-4-6-17/h2-10,18-19,23,28H,11-16H2,1H3. The summed E-state index contributed by atoms with van der Waals surface area (Å²) in [5.41, 5.74) is 1.72. The fourth-order valence-corrected chi connectivity index (χ4v) is 4.50. The number of nitrogens with zero attached hydrogens (tertiary/aromatic N) is 2. The zero-order valence-corrected chi connectivity index (χ0v) is 17.2. The third-order valence-electron chi connectivity index (χ3n) is 6.30. The molecule has 6 nitrogen and oxygen atoms in total. The van der Waals surface area contributed by atoms with Crippen LogP contribution in [0.25, 0.3) is 0 Å². The molecule has 158 valence electrons. The summed E-state index contributed by atoms with van der Waals surface area (Å²) in [4.78, 5) is 29.1. The lowest BCUT2D eigenvalue weighted by molar-refractivity contribution is -0.137. The Hall–Kier alpha value is -2.86. The number of likely N-dealkylation sites (tertiary alicyclic amines) is 1. The Bertz CT molecular complexity index is 876. The van der Waals surface area contributed by atoms with Gasteiger partial charge in [0.15, 0.2) is 0 Å². The number of methoxy groups -OCH3 is 1. The fourth-order valence-electron chi connectivity index (χ4n) is 4.50. The predicted molar refractivity (Wildman–Crippen MR) is 114 cm³/mol. The van der Waals surface area contributed by atoms with Gasteiger partial charge in [0.25, 0.3) is 0 Å². The van der Waals surface area contributed by atoms with Gasteiger partial charge in [-0.05, 0) is 48.6 Å². The minimum Gasteiger partial charge on any atom is -0.497 e. The molecule has 2 aromatic carbocycles. The second kappa shape index (κ2) is 8.88. The molecular weight excluding hydrogens is 380 g/mol. The number of piperidine rings is 1. The van der Waals surface area contributed by atoms with Gasteiger partial charge in [-0.3, -0.25) is 9.59 Å². The molecule has 2 heterocycles. The number of rotatable bonds is 5. The number of amides is 2. The summed E-state index contributed by atoms with van der Waals surface area (Å²) in [5, 5.41) is 10.7. The number of hydrogen-bond acceptors (Lipinski definition) is 4. The fraction of sp³-hybridized carbons (Fsp3) is 0.417. The molecule has 0 spiro atoms. The highest BCUT2D eigenvalue weighted by molar-refractivity contribution is 6.00. The molecule has 6 heteroatoms. The van der Waals surface area contributed by atoms with Crippen LogP contribution in [0, 0.1) is 11.8 Å². The lowest BCUT2D eigenvalue weighted by Gasteiger charge is -2.35. The highest BCUT2D eigenvalue weighted by Crippen LogP contribution is 2.33. The van der Waals surface area contributed by atoms with Crippen LogP contribution in [0.2, 0.25) is 0 Å². The number of carbonyl (C=O) groups is 2. The average molecular weight is 408 g/mol. The molecule has 2 amide bonds. The Morgan fingerprint density at radius 2 is 1.73 bits per heavy atom. The molecule has 2 saturated heterocycles. The predicted octanol–water partition coefficient (Wildman–Crippen LogP) is 3.02. The van der Waals surface area contributed by atoms with Gasteiger partial charge in [0.1, 0.15) is 5.75 Å². The molecule has 1 N–H and O–H groups in total. The summed E-state index contributed by atoms with van der Waals surface area (Å²) in [6.07, 6.45) is 1.29. The third-order valence-corrected chi connectivity index (χ3v) is 6.30. The number of ether oxygens (including phenoxy) is 1. The van der Waals surface area contributed by atoms with Gasteiger partial charge in [-0.25, -0.2) is 0 Å². The van der Waals surface area contributed by atoms with Crippen molar-refractivity contribution >= 4 is 17.5 Å². The zero-order valence-electron chi connectivity index (χ0n) is 17.2. The van der Waals surface area contributed by atoms with Gasteiger partial charge in [0.05, 0.1) is 19.1 Å². The van der Waals surface area contributed by atoms with Gasteiger partial charge < -0.3 is 19.6 Å². The Morgan fingerprint density at radius 1 is 1.07 bits per heavy atom. The Kier molecular flexibility index (Phi) is 6.04. The van der Waals surface area contributed by atoms with E-state index in [1.165, 1.54) is 0 Å². The summed E-state index contributed by atoms with van der Waals surface area (Å²) in [5.74, 6) is 0.603. The molecule has 2 aromatic rings. The summed E-state index contributed by atoms with van der Waals surface area (Å²) >= 11 is 0. The molecule has 4 rings (SSSR count). The lowest BCUT2D eigenvalue weighted by Crippen LogP contribution is -2.43. The number of anilines is 1. The first-order valence-corrected chi connectivity index (χ1v) is 10.5. The van der Waals surface area contributed by atoms with E-state index in [-0.39, 0.29) is 30.1 Å². The molecule has 30 heavy (non-hydrogen) atoms. The van der Waals surface area contributed by atoms with Crippen LogP contribution in [-0.2, 0) is 9.59 Å². The van der Waals surface area contributed by atoms with Gasteiger partial charge >= 0.3 is 0 Å². The number of aliphatic hydroxyl groups excluding tert-OH is 1. The van der Waals surface area contributed by atoms with Gasteiger partial charge in [0, 0.05) is 31.7 Å². The molecule has 0 aliphatic carbocycles. The van der Waals surface area contributed by atoms with Crippen molar-refractivity contribution in [3.05, 3.63) is 60.2 Å². The van der Waals surface area contributed by atoms with Crippen LogP contribution in [0.1, 0.15) is 30.9 Å². The number of hydrogen-bond donors (Lipinski definition) is 1. The van der Waals surface area contributed by atoms with E-state index in [9.17, 15) is 14.7 Å². The van der Waals surface area contributed by atoms with E-state index >= 15 is 0 Å². The summed E-state index contributed by atoms with van der Waals surface area (Å²) in [6, 6.07) is 17.0. The molecule has 0 aromatic heterocycles. The van der Waals surface area contributed by atoms with Crippen LogP contribution in [0.4, 0.5) is 5.69 Å². The van der Waals surface area contributed by atoms with Crippen LogP contribution < -0.4 is 9.64 Å². The van der Waals surface area contributed by atoms with Crippen molar-refractivity contribution in [3.8, 4) is 5.75 Å².